The first-order valence-corrected chi connectivity index (χ1v) is 14.2. The molecule has 1 saturated heterocycles. The molecule has 2 aromatic heterocycles. The Bertz CT molecular complexity index is 1550. The van der Waals surface area contributed by atoms with Gasteiger partial charge in [-0.2, -0.15) is 0 Å². The van der Waals surface area contributed by atoms with Gasteiger partial charge < -0.3 is 4.42 Å². The fourth-order valence-corrected chi connectivity index (χ4v) is 7.43. The zero-order valence-corrected chi connectivity index (χ0v) is 21.9. The molecule has 4 aromatic rings. The summed E-state index contributed by atoms with van der Waals surface area (Å²) in [5.41, 5.74) is 1.57. The fourth-order valence-electron chi connectivity index (χ4n) is 4.39. The number of carbonyl (C=O) groups excluding carboxylic acids is 1. The van der Waals surface area contributed by atoms with Crippen molar-refractivity contribution in [1.82, 2.24) is 9.88 Å². The van der Waals surface area contributed by atoms with Crippen molar-refractivity contribution in [3.05, 3.63) is 81.4 Å². The lowest BCUT2D eigenvalue weighted by Crippen LogP contribution is -2.37. The largest absolute Gasteiger partial charge is 0.450 e. The lowest BCUT2D eigenvalue weighted by molar-refractivity contribution is -0.384. The number of para-hydroxylation sites is 1. The summed E-state index contributed by atoms with van der Waals surface area (Å²) in [6.45, 7) is 0. The normalized spacial score (nSPS) is 18.6. The molecule has 2 aromatic carbocycles. The summed E-state index contributed by atoms with van der Waals surface area (Å²) >= 11 is 4.10. The van der Waals surface area contributed by atoms with Crippen LogP contribution in [-0.2, 0) is 4.79 Å². The molecule has 11 heteroatoms. The number of rotatable bonds is 6. The average Bonchev–Trinajstić information content (AvgIpc) is 3.68. The van der Waals surface area contributed by atoms with E-state index in [9.17, 15) is 14.9 Å². The molecule has 8 nitrogen and oxygen atoms in total. The van der Waals surface area contributed by atoms with E-state index < -0.39 is 4.92 Å². The molecule has 1 aliphatic heterocycles. The molecule has 37 heavy (non-hydrogen) atoms. The second-order valence-corrected chi connectivity index (χ2v) is 11.9. The molecule has 3 heterocycles. The number of furan rings is 1. The third-order valence-corrected chi connectivity index (χ3v) is 9.12. The van der Waals surface area contributed by atoms with Crippen LogP contribution in [0.1, 0.15) is 31.4 Å². The molecular weight excluding hydrogens is 529 g/mol. The summed E-state index contributed by atoms with van der Waals surface area (Å²) in [5.74, 6) is 0.535. The van der Waals surface area contributed by atoms with Crippen molar-refractivity contribution in [1.29, 1.82) is 0 Å². The van der Waals surface area contributed by atoms with Crippen LogP contribution in [0.4, 0.5) is 11.4 Å². The van der Waals surface area contributed by atoms with Gasteiger partial charge in [0.2, 0.25) is 0 Å². The van der Waals surface area contributed by atoms with E-state index in [-0.39, 0.29) is 17.6 Å². The van der Waals surface area contributed by atoms with E-state index in [2.05, 4.69) is 4.98 Å². The van der Waals surface area contributed by atoms with Crippen LogP contribution in [0, 0.1) is 10.1 Å². The fraction of sp³-hybridized carbons (Fsp3) is 0.192. The molecule has 1 saturated carbocycles. The van der Waals surface area contributed by atoms with E-state index in [0.717, 1.165) is 40.4 Å². The first-order valence-electron chi connectivity index (χ1n) is 11.7. The van der Waals surface area contributed by atoms with Gasteiger partial charge in [0.05, 0.1) is 25.7 Å². The Hall–Kier alpha value is -3.41. The Morgan fingerprint density at radius 1 is 1.14 bits per heavy atom. The van der Waals surface area contributed by atoms with Crippen LogP contribution in [0.5, 0.6) is 0 Å². The number of aliphatic imine (C=N–C) groups is 1. The van der Waals surface area contributed by atoms with Gasteiger partial charge >= 0.3 is 0 Å². The highest BCUT2D eigenvalue weighted by Crippen LogP contribution is 2.40. The van der Waals surface area contributed by atoms with Crippen molar-refractivity contribution in [3.63, 3.8) is 0 Å². The molecule has 2 aliphatic rings. The topological polar surface area (TPSA) is 102 Å². The Labute approximate surface area is 224 Å². The number of fused-ring (bicyclic) bond motifs is 1. The van der Waals surface area contributed by atoms with Crippen molar-refractivity contribution in [3.8, 4) is 0 Å². The van der Waals surface area contributed by atoms with Crippen molar-refractivity contribution in [2.45, 2.75) is 41.2 Å². The van der Waals surface area contributed by atoms with Crippen LogP contribution in [0.2, 0.25) is 0 Å². The zero-order valence-electron chi connectivity index (χ0n) is 19.4. The molecule has 0 spiro atoms. The van der Waals surface area contributed by atoms with E-state index in [4.69, 9.17) is 9.41 Å². The van der Waals surface area contributed by atoms with Crippen LogP contribution >= 0.6 is 34.9 Å². The highest BCUT2D eigenvalue weighted by atomic mass is 32.2. The van der Waals surface area contributed by atoms with Gasteiger partial charge in [0, 0.05) is 24.3 Å². The summed E-state index contributed by atoms with van der Waals surface area (Å²) in [6.07, 6.45) is 5.98. The molecular formula is C26H20N4O4S3. The first-order chi connectivity index (χ1) is 18.0. The predicted molar refractivity (Wildman–Crippen MR) is 147 cm³/mol. The van der Waals surface area contributed by atoms with Gasteiger partial charge in [-0.25, -0.2) is 9.98 Å². The number of non-ortho nitro benzene ring substituents is 1. The maximum Gasteiger partial charge on any atom is 0.270 e. The minimum Gasteiger partial charge on any atom is -0.450 e. The number of nitrogens with zero attached hydrogens (tertiary/aromatic N) is 4. The molecule has 0 atom stereocenters. The molecule has 186 valence electrons. The quantitative estimate of drug-likeness (QED) is 0.140. The number of carbonyl (C=O) groups is 1. The van der Waals surface area contributed by atoms with E-state index in [1.807, 2.05) is 47.4 Å². The highest BCUT2D eigenvalue weighted by Gasteiger charge is 2.39. The lowest BCUT2D eigenvalue weighted by atomic mass is 10.2. The van der Waals surface area contributed by atoms with Crippen molar-refractivity contribution >= 4 is 73.6 Å². The SMILES string of the molecule is O=C1/C(=C/c2ccc(Sc3nc4ccc([N+](=O)[O-])cc4s3)o2)SC(=Nc2ccccc2)N1C1CCCC1. The Morgan fingerprint density at radius 3 is 2.73 bits per heavy atom. The number of amidine groups is 1. The molecule has 1 amide bonds. The smallest absolute Gasteiger partial charge is 0.270 e. The molecule has 0 bridgehead atoms. The van der Waals surface area contributed by atoms with Crippen molar-refractivity contribution in [2.24, 2.45) is 4.99 Å². The van der Waals surface area contributed by atoms with Gasteiger partial charge in [-0.15, -0.1) is 11.3 Å². The summed E-state index contributed by atoms with van der Waals surface area (Å²) < 4.78 is 7.46. The first kappa shape index (κ1) is 24.0. The van der Waals surface area contributed by atoms with E-state index in [0.29, 0.717) is 26.4 Å². The standard InChI is InChI=1S/C26H20N4O4S3/c31-24-22(35-25(27-16-6-2-1-3-7-16)29(24)17-8-4-5-9-17)15-19-11-13-23(34-19)37-26-28-20-12-10-18(30(32)33)14-21(20)36-26/h1-3,6-7,10-15,17H,4-5,8-9H2/b22-15-,27-25?. The number of hydrogen-bond acceptors (Lipinski definition) is 9. The summed E-state index contributed by atoms with van der Waals surface area (Å²) in [6, 6.07) is 18.2. The molecule has 6 rings (SSSR count). The monoisotopic (exact) mass is 548 g/mol. The predicted octanol–water partition coefficient (Wildman–Crippen LogP) is 7.50. The Balaban J connectivity index is 1.24. The van der Waals surface area contributed by atoms with Gasteiger partial charge in [-0.05, 0) is 66.7 Å². The molecule has 0 unspecified atom stereocenters. The highest BCUT2D eigenvalue weighted by molar-refractivity contribution is 8.18. The van der Waals surface area contributed by atoms with E-state index in [1.165, 1.54) is 47.0 Å². The Morgan fingerprint density at radius 2 is 1.95 bits per heavy atom. The van der Waals surface area contributed by atoms with Crippen molar-refractivity contribution in [2.75, 3.05) is 0 Å². The molecule has 1 aliphatic carbocycles. The van der Waals surface area contributed by atoms with Crippen LogP contribution < -0.4 is 0 Å². The summed E-state index contributed by atoms with van der Waals surface area (Å²) in [7, 11) is 0. The van der Waals surface area contributed by atoms with E-state index >= 15 is 0 Å². The van der Waals surface area contributed by atoms with E-state index in [1.54, 1.807) is 12.1 Å². The lowest BCUT2D eigenvalue weighted by Gasteiger charge is -2.22. The van der Waals surface area contributed by atoms with Crippen LogP contribution in [0.3, 0.4) is 0 Å². The third kappa shape index (κ3) is 5.07. The number of aromatic nitrogens is 1. The number of hydrogen-bond donors (Lipinski definition) is 0. The van der Waals surface area contributed by atoms with Crippen LogP contribution in [-0.4, -0.2) is 31.9 Å². The average molecular weight is 549 g/mol. The third-order valence-electron chi connectivity index (χ3n) is 6.13. The number of thioether (sulfide) groups is 1. The van der Waals surface area contributed by atoms with Crippen LogP contribution in [0.25, 0.3) is 16.3 Å². The second kappa shape index (κ2) is 10.2. The molecule has 0 N–H and O–H groups in total. The summed E-state index contributed by atoms with van der Waals surface area (Å²) in [5, 5.41) is 12.4. The van der Waals surface area contributed by atoms with Gasteiger partial charge in [0.25, 0.3) is 11.6 Å². The number of benzene rings is 2. The minimum atomic E-state index is -0.412. The van der Waals surface area contributed by atoms with Crippen molar-refractivity contribution < 1.29 is 14.1 Å². The number of nitro benzene ring substituents is 1. The second-order valence-electron chi connectivity index (χ2n) is 8.60. The van der Waals surface area contributed by atoms with Gasteiger partial charge in [0.1, 0.15) is 5.76 Å². The maximum atomic E-state index is 13.4. The molecule has 2 fully saturated rings. The van der Waals surface area contributed by atoms with Gasteiger partial charge in [-0.3, -0.25) is 19.8 Å². The van der Waals surface area contributed by atoms with Gasteiger partial charge in [-0.1, -0.05) is 31.0 Å². The molecule has 0 radical (unpaired) electrons. The number of amides is 1. The zero-order chi connectivity index (χ0) is 25.4. The Kier molecular flexibility index (Phi) is 6.58. The number of thiazole rings is 1. The minimum absolute atomic E-state index is 0.0371. The van der Waals surface area contributed by atoms with Gasteiger partial charge in [0.15, 0.2) is 14.6 Å². The van der Waals surface area contributed by atoms with Crippen LogP contribution in [0.15, 0.2) is 84.4 Å². The maximum absolute atomic E-state index is 13.4. The number of nitro groups is 1. The summed E-state index contributed by atoms with van der Waals surface area (Å²) in [4.78, 5) is 35.8.